The molecule has 0 aliphatic heterocycles. The number of likely N-dealkylation sites (N-methyl/N-ethyl adjacent to an activating group) is 1. The second-order valence-electron chi connectivity index (χ2n) is 4.22. The van der Waals surface area contributed by atoms with E-state index in [1.54, 1.807) is 41.5 Å². The first kappa shape index (κ1) is 15.2. The van der Waals surface area contributed by atoms with Gasteiger partial charge in [0.15, 0.2) is 6.61 Å². The van der Waals surface area contributed by atoms with Gasteiger partial charge in [0.25, 0.3) is 5.91 Å². The first-order valence-electron chi connectivity index (χ1n) is 5.90. The van der Waals surface area contributed by atoms with Gasteiger partial charge in [-0.2, -0.15) is 0 Å². The van der Waals surface area contributed by atoms with Crippen LogP contribution in [-0.4, -0.2) is 24.5 Å². The van der Waals surface area contributed by atoms with Crippen molar-refractivity contribution in [2.45, 2.75) is 6.54 Å². The van der Waals surface area contributed by atoms with Crippen LogP contribution in [-0.2, 0) is 11.3 Å². The highest BCUT2D eigenvalue weighted by molar-refractivity contribution is 7.09. The summed E-state index contributed by atoms with van der Waals surface area (Å²) in [7, 11) is 1.75. The van der Waals surface area contributed by atoms with Gasteiger partial charge in [0, 0.05) is 22.0 Å². The summed E-state index contributed by atoms with van der Waals surface area (Å²) in [5.74, 6) is 0.384. The molecule has 106 valence electrons. The van der Waals surface area contributed by atoms with Crippen molar-refractivity contribution in [2.24, 2.45) is 0 Å². The van der Waals surface area contributed by atoms with Crippen molar-refractivity contribution in [2.75, 3.05) is 13.7 Å². The van der Waals surface area contributed by atoms with Crippen LogP contribution in [0.1, 0.15) is 4.88 Å². The Morgan fingerprint density at radius 3 is 2.60 bits per heavy atom. The lowest BCUT2D eigenvalue weighted by Gasteiger charge is -2.16. The van der Waals surface area contributed by atoms with Gasteiger partial charge in [0.1, 0.15) is 5.75 Å². The van der Waals surface area contributed by atoms with Gasteiger partial charge in [-0.1, -0.05) is 29.3 Å². The molecule has 0 bridgehead atoms. The smallest absolute Gasteiger partial charge is 0.260 e. The molecule has 6 heteroatoms. The molecule has 0 unspecified atom stereocenters. The Labute approximate surface area is 131 Å². The van der Waals surface area contributed by atoms with Crippen molar-refractivity contribution in [3.63, 3.8) is 0 Å². The third-order valence-electron chi connectivity index (χ3n) is 2.60. The molecule has 1 aromatic heterocycles. The van der Waals surface area contributed by atoms with E-state index in [1.165, 1.54) is 0 Å². The van der Waals surface area contributed by atoms with E-state index in [0.717, 1.165) is 4.88 Å². The fourth-order valence-electron chi connectivity index (χ4n) is 1.59. The van der Waals surface area contributed by atoms with Crippen molar-refractivity contribution < 1.29 is 9.53 Å². The standard InChI is InChI=1S/C14H13Cl2NO2S/c1-17(8-13-3-2-4-20-13)14(18)9-19-12-6-10(15)5-11(16)7-12/h2-7H,8-9H2,1H3. The van der Waals surface area contributed by atoms with Gasteiger partial charge >= 0.3 is 0 Å². The average molecular weight is 330 g/mol. The van der Waals surface area contributed by atoms with Gasteiger partial charge in [-0.15, -0.1) is 11.3 Å². The summed E-state index contributed by atoms with van der Waals surface area (Å²) in [6.07, 6.45) is 0. The molecule has 1 aromatic carbocycles. The predicted octanol–water partition coefficient (Wildman–Crippen LogP) is 4.09. The topological polar surface area (TPSA) is 29.5 Å². The number of ether oxygens (including phenoxy) is 1. The van der Waals surface area contributed by atoms with Crippen LogP contribution >= 0.6 is 34.5 Å². The second-order valence-corrected chi connectivity index (χ2v) is 6.13. The van der Waals surface area contributed by atoms with Gasteiger partial charge in [0.05, 0.1) is 6.54 Å². The number of hydrogen-bond acceptors (Lipinski definition) is 3. The van der Waals surface area contributed by atoms with E-state index in [0.29, 0.717) is 22.3 Å². The zero-order chi connectivity index (χ0) is 14.5. The monoisotopic (exact) mass is 329 g/mol. The number of hydrogen-bond donors (Lipinski definition) is 0. The fraction of sp³-hybridized carbons (Fsp3) is 0.214. The quantitative estimate of drug-likeness (QED) is 0.826. The van der Waals surface area contributed by atoms with Gasteiger partial charge in [-0.05, 0) is 29.6 Å². The maximum Gasteiger partial charge on any atom is 0.260 e. The third kappa shape index (κ3) is 4.40. The number of carbonyl (C=O) groups is 1. The Hall–Kier alpha value is -1.23. The Morgan fingerprint density at radius 1 is 1.30 bits per heavy atom. The summed E-state index contributed by atoms with van der Waals surface area (Å²) >= 11 is 13.3. The first-order valence-corrected chi connectivity index (χ1v) is 7.53. The van der Waals surface area contributed by atoms with Crippen LogP contribution in [0.4, 0.5) is 0 Å². The van der Waals surface area contributed by atoms with Crippen molar-refractivity contribution >= 4 is 40.4 Å². The minimum Gasteiger partial charge on any atom is -0.484 e. The maximum atomic E-state index is 12.0. The molecule has 0 aliphatic rings. The molecule has 1 amide bonds. The highest BCUT2D eigenvalue weighted by Crippen LogP contribution is 2.24. The molecule has 3 nitrogen and oxygen atoms in total. The van der Waals surface area contributed by atoms with E-state index < -0.39 is 0 Å². The first-order chi connectivity index (χ1) is 9.54. The number of rotatable bonds is 5. The Bertz CT molecular complexity index is 567. The highest BCUT2D eigenvalue weighted by atomic mass is 35.5. The molecule has 2 rings (SSSR count). The lowest BCUT2D eigenvalue weighted by molar-refractivity contribution is -0.132. The number of thiophene rings is 1. The molecule has 0 atom stereocenters. The van der Waals surface area contributed by atoms with Crippen LogP contribution in [0.5, 0.6) is 5.75 Å². The molecule has 20 heavy (non-hydrogen) atoms. The molecule has 0 N–H and O–H groups in total. The summed E-state index contributed by atoms with van der Waals surface area (Å²) in [5, 5.41) is 2.94. The van der Waals surface area contributed by atoms with E-state index in [2.05, 4.69) is 0 Å². The minimum atomic E-state index is -0.102. The summed E-state index contributed by atoms with van der Waals surface area (Å²) < 4.78 is 5.41. The van der Waals surface area contributed by atoms with Crippen molar-refractivity contribution in [1.29, 1.82) is 0 Å². The molecule has 2 aromatic rings. The average Bonchev–Trinajstić information content (AvgIpc) is 2.87. The van der Waals surface area contributed by atoms with Crippen LogP contribution in [0.2, 0.25) is 10.0 Å². The molecule has 0 saturated carbocycles. The lowest BCUT2D eigenvalue weighted by atomic mass is 10.3. The highest BCUT2D eigenvalue weighted by Gasteiger charge is 2.11. The van der Waals surface area contributed by atoms with E-state index in [9.17, 15) is 4.79 Å². The van der Waals surface area contributed by atoms with Crippen molar-refractivity contribution in [3.05, 3.63) is 50.6 Å². The Kier molecular flexibility index (Phi) is 5.29. The fourth-order valence-corrected chi connectivity index (χ4v) is 2.85. The maximum absolute atomic E-state index is 12.0. The van der Waals surface area contributed by atoms with Gasteiger partial charge in [-0.3, -0.25) is 4.79 Å². The third-order valence-corrected chi connectivity index (χ3v) is 3.89. The summed E-state index contributed by atoms with van der Waals surface area (Å²) in [5.41, 5.74) is 0. The van der Waals surface area contributed by atoms with E-state index >= 15 is 0 Å². The number of carbonyl (C=O) groups excluding carboxylic acids is 1. The summed E-state index contributed by atoms with van der Waals surface area (Å²) in [6.45, 7) is 0.536. The number of halogens is 2. The van der Waals surface area contributed by atoms with Crippen LogP contribution in [0.25, 0.3) is 0 Å². The molecule has 1 heterocycles. The minimum absolute atomic E-state index is 0.0431. The SMILES string of the molecule is CN(Cc1cccs1)C(=O)COc1cc(Cl)cc(Cl)c1. The number of benzene rings is 1. The second kappa shape index (κ2) is 6.97. The Morgan fingerprint density at radius 2 is 2.00 bits per heavy atom. The van der Waals surface area contributed by atoms with Crippen molar-refractivity contribution in [1.82, 2.24) is 4.90 Å². The molecule has 0 radical (unpaired) electrons. The largest absolute Gasteiger partial charge is 0.484 e. The predicted molar refractivity (Wildman–Crippen MR) is 82.8 cm³/mol. The zero-order valence-electron chi connectivity index (χ0n) is 10.8. The number of amides is 1. The van der Waals surface area contributed by atoms with Gasteiger partial charge in [-0.25, -0.2) is 0 Å². The van der Waals surface area contributed by atoms with Crippen LogP contribution in [0.15, 0.2) is 35.7 Å². The normalized spacial score (nSPS) is 10.3. The Balaban J connectivity index is 1.88. The van der Waals surface area contributed by atoms with E-state index in [1.807, 2.05) is 17.5 Å². The van der Waals surface area contributed by atoms with Crippen LogP contribution in [0, 0.1) is 0 Å². The molecule has 0 saturated heterocycles. The lowest BCUT2D eigenvalue weighted by Crippen LogP contribution is -2.30. The van der Waals surface area contributed by atoms with Gasteiger partial charge in [0.2, 0.25) is 0 Å². The van der Waals surface area contributed by atoms with Crippen LogP contribution in [0.3, 0.4) is 0 Å². The molecular formula is C14H13Cl2NO2S. The van der Waals surface area contributed by atoms with Crippen molar-refractivity contribution in [3.8, 4) is 5.75 Å². The number of nitrogens with zero attached hydrogens (tertiary/aromatic N) is 1. The van der Waals surface area contributed by atoms with Gasteiger partial charge < -0.3 is 9.64 Å². The van der Waals surface area contributed by atoms with Crippen LogP contribution < -0.4 is 4.74 Å². The summed E-state index contributed by atoms with van der Waals surface area (Å²) in [6, 6.07) is 8.81. The summed E-state index contributed by atoms with van der Waals surface area (Å²) in [4.78, 5) is 14.7. The molecule has 0 spiro atoms. The van der Waals surface area contributed by atoms with E-state index in [-0.39, 0.29) is 12.5 Å². The zero-order valence-corrected chi connectivity index (χ0v) is 13.1. The molecular weight excluding hydrogens is 317 g/mol. The molecule has 0 aliphatic carbocycles. The van der Waals surface area contributed by atoms with E-state index in [4.69, 9.17) is 27.9 Å². The molecule has 0 fully saturated rings.